The van der Waals surface area contributed by atoms with E-state index in [-0.39, 0.29) is 12.5 Å². The highest BCUT2D eigenvalue weighted by Crippen LogP contribution is 2.24. The molecule has 0 bridgehead atoms. The number of nitrogens with zero attached hydrogens (tertiary/aromatic N) is 3. The molecule has 37 heavy (non-hydrogen) atoms. The van der Waals surface area contributed by atoms with Crippen molar-refractivity contribution in [3.63, 3.8) is 0 Å². The number of hydrazone groups is 1. The third kappa shape index (κ3) is 4.77. The highest BCUT2D eigenvalue weighted by molar-refractivity contribution is 5.99. The van der Waals surface area contributed by atoms with Crippen LogP contribution >= 0.6 is 0 Å². The van der Waals surface area contributed by atoms with Gasteiger partial charge in [0, 0.05) is 40.8 Å². The van der Waals surface area contributed by atoms with Gasteiger partial charge in [0.25, 0.3) is 5.91 Å². The fourth-order valence-corrected chi connectivity index (χ4v) is 4.58. The van der Waals surface area contributed by atoms with Crippen LogP contribution in [0.3, 0.4) is 0 Å². The molecular formula is C31H24N4O2. The zero-order chi connectivity index (χ0) is 25.0. The Bertz CT molecular complexity index is 1760. The van der Waals surface area contributed by atoms with Gasteiger partial charge in [0.2, 0.25) is 0 Å². The van der Waals surface area contributed by atoms with Gasteiger partial charge in [0.1, 0.15) is 11.3 Å². The van der Waals surface area contributed by atoms with Crippen molar-refractivity contribution >= 4 is 44.7 Å². The fraction of sp³-hybridized carbons (Fsp3) is 0.0645. The SMILES string of the molecule is O=C(COc1cccc2cccnc12)N/N=C\c1cn(Cc2ccc3ccccc3c2)c2ccccc12. The highest BCUT2D eigenvalue weighted by atomic mass is 16.5. The van der Waals surface area contributed by atoms with Crippen molar-refractivity contribution in [2.75, 3.05) is 6.61 Å². The molecule has 180 valence electrons. The Hall–Kier alpha value is -4.97. The first-order valence-corrected chi connectivity index (χ1v) is 12.1. The van der Waals surface area contributed by atoms with Gasteiger partial charge in [0.05, 0.1) is 6.21 Å². The van der Waals surface area contributed by atoms with E-state index in [0.717, 1.165) is 33.9 Å². The van der Waals surface area contributed by atoms with Gasteiger partial charge in [-0.15, -0.1) is 0 Å². The standard InChI is InChI=1S/C31H24N4O2/c36-30(21-37-29-13-5-9-24-10-6-16-32-31(24)29)34-33-18-26-20-35(28-12-4-3-11-27(26)28)19-22-14-15-23-7-1-2-8-25(23)17-22/h1-18,20H,19,21H2,(H,34,36)/b33-18-. The summed E-state index contributed by atoms with van der Waals surface area (Å²) in [6, 6.07) is 32.6. The van der Waals surface area contributed by atoms with Gasteiger partial charge in [-0.25, -0.2) is 5.43 Å². The van der Waals surface area contributed by atoms with Crippen molar-refractivity contribution in [1.82, 2.24) is 15.0 Å². The molecule has 6 heteroatoms. The van der Waals surface area contributed by atoms with Crippen LogP contribution in [-0.2, 0) is 11.3 Å². The van der Waals surface area contributed by atoms with E-state index in [2.05, 4.69) is 80.9 Å². The minimum absolute atomic E-state index is 0.156. The van der Waals surface area contributed by atoms with Gasteiger partial charge in [-0.05, 0) is 40.6 Å². The van der Waals surface area contributed by atoms with Gasteiger partial charge in [-0.2, -0.15) is 5.10 Å². The number of fused-ring (bicyclic) bond motifs is 3. The summed E-state index contributed by atoms with van der Waals surface area (Å²) in [7, 11) is 0. The summed E-state index contributed by atoms with van der Waals surface area (Å²) in [5, 5.41) is 8.67. The van der Waals surface area contributed by atoms with Gasteiger partial charge in [-0.3, -0.25) is 9.78 Å². The van der Waals surface area contributed by atoms with Crippen molar-refractivity contribution in [3.05, 3.63) is 121 Å². The Labute approximate surface area is 213 Å². The van der Waals surface area contributed by atoms with Crippen molar-refractivity contribution in [2.24, 2.45) is 5.10 Å². The highest BCUT2D eigenvalue weighted by Gasteiger charge is 2.09. The zero-order valence-electron chi connectivity index (χ0n) is 20.0. The lowest BCUT2D eigenvalue weighted by Gasteiger charge is -2.07. The normalized spacial score (nSPS) is 11.5. The summed E-state index contributed by atoms with van der Waals surface area (Å²) in [5.74, 6) is 0.220. The second kappa shape index (κ2) is 9.95. The predicted molar refractivity (Wildman–Crippen MR) is 148 cm³/mol. The van der Waals surface area contributed by atoms with E-state index >= 15 is 0 Å². The van der Waals surface area contributed by atoms with E-state index in [1.807, 2.05) is 36.4 Å². The van der Waals surface area contributed by atoms with Crippen molar-refractivity contribution in [2.45, 2.75) is 6.54 Å². The van der Waals surface area contributed by atoms with Crippen molar-refractivity contribution in [3.8, 4) is 5.75 Å². The van der Waals surface area contributed by atoms with Crippen LogP contribution < -0.4 is 10.2 Å². The molecule has 2 aromatic heterocycles. The molecule has 0 radical (unpaired) electrons. The number of nitrogens with one attached hydrogen (secondary N) is 1. The van der Waals surface area contributed by atoms with Crippen molar-refractivity contribution < 1.29 is 9.53 Å². The number of amides is 1. The topological polar surface area (TPSA) is 68.5 Å². The Morgan fingerprint density at radius 2 is 1.70 bits per heavy atom. The Kier molecular flexibility index (Phi) is 6.05. The third-order valence-corrected chi connectivity index (χ3v) is 6.33. The third-order valence-electron chi connectivity index (χ3n) is 6.33. The Morgan fingerprint density at radius 1 is 0.892 bits per heavy atom. The number of ether oxygens (including phenoxy) is 1. The van der Waals surface area contributed by atoms with E-state index < -0.39 is 0 Å². The molecule has 0 atom stereocenters. The smallest absolute Gasteiger partial charge is 0.277 e. The summed E-state index contributed by atoms with van der Waals surface area (Å²) < 4.78 is 7.91. The van der Waals surface area contributed by atoms with Crippen LogP contribution in [0.25, 0.3) is 32.6 Å². The minimum atomic E-state index is -0.343. The number of pyridine rings is 1. The molecule has 4 aromatic carbocycles. The zero-order valence-corrected chi connectivity index (χ0v) is 20.0. The second-order valence-electron chi connectivity index (χ2n) is 8.82. The number of hydrogen-bond donors (Lipinski definition) is 1. The lowest BCUT2D eigenvalue weighted by atomic mass is 10.1. The van der Waals surface area contributed by atoms with Crippen LogP contribution in [0, 0.1) is 0 Å². The van der Waals surface area contributed by atoms with Crippen LogP contribution in [0.1, 0.15) is 11.1 Å². The first-order valence-electron chi connectivity index (χ1n) is 12.1. The van der Waals surface area contributed by atoms with E-state index in [9.17, 15) is 4.79 Å². The fourth-order valence-electron chi connectivity index (χ4n) is 4.58. The number of aromatic nitrogens is 2. The summed E-state index contributed by atoms with van der Waals surface area (Å²) in [5.41, 5.74) is 6.54. The molecule has 0 fully saturated rings. The molecule has 0 unspecified atom stereocenters. The van der Waals surface area contributed by atoms with Crippen LogP contribution in [0.2, 0.25) is 0 Å². The molecule has 6 rings (SSSR count). The maximum absolute atomic E-state index is 12.4. The molecular weight excluding hydrogens is 460 g/mol. The Balaban J connectivity index is 1.16. The molecule has 0 spiro atoms. The number of hydrogen-bond acceptors (Lipinski definition) is 4. The Morgan fingerprint density at radius 3 is 2.65 bits per heavy atom. The average molecular weight is 485 g/mol. The molecule has 0 aliphatic carbocycles. The molecule has 2 heterocycles. The number of carbonyl (C=O) groups excluding carboxylic acids is 1. The number of rotatable bonds is 7. The summed E-state index contributed by atoms with van der Waals surface area (Å²) in [6.45, 7) is 0.579. The average Bonchev–Trinajstić information content (AvgIpc) is 3.29. The predicted octanol–water partition coefficient (Wildman–Crippen LogP) is 5.92. The van der Waals surface area contributed by atoms with Crippen LogP contribution in [0.5, 0.6) is 5.75 Å². The number of benzene rings is 4. The summed E-state index contributed by atoms with van der Waals surface area (Å²) >= 11 is 0. The molecule has 0 aliphatic rings. The van der Waals surface area contributed by atoms with Crippen molar-refractivity contribution in [1.29, 1.82) is 0 Å². The van der Waals surface area contributed by atoms with Gasteiger partial charge < -0.3 is 9.30 Å². The van der Waals surface area contributed by atoms with Gasteiger partial charge >= 0.3 is 0 Å². The quantitative estimate of drug-likeness (QED) is 0.226. The first-order chi connectivity index (χ1) is 18.2. The molecule has 0 saturated carbocycles. The largest absolute Gasteiger partial charge is 0.481 e. The van der Waals surface area contributed by atoms with E-state index in [1.54, 1.807) is 18.5 Å². The van der Waals surface area contributed by atoms with E-state index in [1.165, 1.54) is 16.3 Å². The van der Waals surface area contributed by atoms with E-state index in [0.29, 0.717) is 5.75 Å². The minimum Gasteiger partial charge on any atom is -0.481 e. The molecule has 1 amide bonds. The summed E-state index contributed by atoms with van der Waals surface area (Å²) in [6.07, 6.45) is 5.44. The van der Waals surface area contributed by atoms with Gasteiger partial charge in [0.15, 0.2) is 6.61 Å². The maximum atomic E-state index is 12.4. The number of carbonyl (C=O) groups is 1. The second-order valence-corrected chi connectivity index (χ2v) is 8.82. The first kappa shape index (κ1) is 22.5. The molecule has 0 saturated heterocycles. The van der Waals surface area contributed by atoms with E-state index in [4.69, 9.17) is 4.74 Å². The number of para-hydroxylation sites is 2. The van der Waals surface area contributed by atoms with Crippen LogP contribution in [-0.4, -0.2) is 28.3 Å². The lowest BCUT2D eigenvalue weighted by molar-refractivity contribution is -0.123. The maximum Gasteiger partial charge on any atom is 0.277 e. The molecule has 1 N–H and O–H groups in total. The van der Waals surface area contributed by atoms with Gasteiger partial charge in [-0.1, -0.05) is 72.8 Å². The van der Waals surface area contributed by atoms with Crippen LogP contribution in [0.15, 0.2) is 115 Å². The van der Waals surface area contributed by atoms with Crippen LogP contribution in [0.4, 0.5) is 0 Å². The molecule has 6 nitrogen and oxygen atoms in total. The molecule has 0 aliphatic heterocycles. The summed E-state index contributed by atoms with van der Waals surface area (Å²) in [4.78, 5) is 16.7. The lowest BCUT2D eigenvalue weighted by Crippen LogP contribution is -2.24. The molecule has 6 aromatic rings. The monoisotopic (exact) mass is 484 g/mol.